The quantitative estimate of drug-likeness (QED) is 0.233. The number of benzene rings is 2. The number of aromatic amines is 1. The van der Waals surface area contributed by atoms with Gasteiger partial charge in [0.2, 0.25) is 5.91 Å². The summed E-state index contributed by atoms with van der Waals surface area (Å²) in [5, 5.41) is 13.9. The Bertz CT molecular complexity index is 1550. The van der Waals surface area contributed by atoms with Crippen LogP contribution < -0.4 is 16.1 Å². The van der Waals surface area contributed by atoms with Crippen LogP contribution in [0.15, 0.2) is 48.7 Å². The fourth-order valence-electron chi connectivity index (χ4n) is 6.23. The first-order chi connectivity index (χ1) is 22.1. The van der Waals surface area contributed by atoms with Crippen LogP contribution in [0.25, 0.3) is 10.9 Å². The molecule has 47 heavy (non-hydrogen) atoms. The molecule has 0 radical (unpaired) electrons. The second kappa shape index (κ2) is 13.8. The van der Waals surface area contributed by atoms with Gasteiger partial charge >= 0.3 is 13.2 Å². The highest BCUT2D eigenvalue weighted by Gasteiger charge is 2.51. The Kier molecular flexibility index (Phi) is 10.2. The molecule has 0 bridgehead atoms. The van der Waals surface area contributed by atoms with E-state index < -0.39 is 35.9 Å². The number of carbonyl (C=O) groups excluding carboxylic acids is 3. The van der Waals surface area contributed by atoms with E-state index in [9.17, 15) is 14.4 Å². The number of nitrogens with zero attached hydrogens (tertiary/aromatic N) is 1. The molecular formula is C36H49BN4O6. The molecule has 10 nitrogen and oxygen atoms in total. The smallest absolute Gasteiger partial charge is 0.444 e. The summed E-state index contributed by atoms with van der Waals surface area (Å²) in [4.78, 5) is 39.5. The van der Waals surface area contributed by atoms with Gasteiger partial charge in [-0.1, -0.05) is 24.3 Å². The molecule has 11 heteroatoms. The van der Waals surface area contributed by atoms with Crippen molar-refractivity contribution in [3.63, 3.8) is 0 Å². The molecule has 1 saturated carbocycles. The Hall–Kier alpha value is -3.70. The van der Waals surface area contributed by atoms with Gasteiger partial charge in [0.05, 0.1) is 22.9 Å². The highest BCUT2D eigenvalue weighted by atomic mass is 16.7. The monoisotopic (exact) mass is 644 g/mol. The number of Topliss-reactive ketones (excluding diaryl/α,β-unsaturated/α-hetero) is 1. The highest BCUT2D eigenvalue weighted by Crippen LogP contribution is 2.36. The van der Waals surface area contributed by atoms with E-state index in [1.54, 1.807) is 6.20 Å². The van der Waals surface area contributed by atoms with E-state index in [1.165, 1.54) is 0 Å². The zero-order valence-corrected chi connectivity index (χ0v) is 28.8. The van der Waals surface area contributed by atoms with E-state index in [0.29, 0.717) is 24.6 Å². The minimum absolute atomic E-state index is 0.102. The summed E-state index contributed by atoms with van der Waals surface area (Å²) in [6.07, 6.45) is 5.06. The van der Waals surface area contributed by atoms with Crippen molar-refractivity contribution in [2.45, 2.75) is 104 Å². The largest absolute Gasteiger partial charge is 0.494 e. The minimum atomic E-state index is -0.547. The molecule has 252 valence electrons. The standard InChI is InChI=1S/C36H49BN4O6/c1-34(2,3)45-33(44)38-21-24-8-12-25(13-9-24)31(42)19-27(32(43)40-29-17-14-26-22-39-41-30(26)20-29)18-23-10-15-28(16-11-23)37-46-35(4,5)36(6,7)47-37/h10-11,14-17,20,22,24-25,27H,8-9,12-13,18-19,21H2,1-7H3,(H,38,44)(H,39,41)(H,40,43)/t24?,25?,27-/m1/s1. The Labute approximate surface area is 278 Å². The molecule has 3 N–H and O–H groups in total. The van der Waals surface area contributed by atoms with Gasteiger partial charge in [-0.3, -0.25) is 14.7 Å². The molecule has 2 aliphatic rings. The van der Waals surface area contributed by atoms with Crippen LogP contribution in [0.4, 0.5) is 10.5 Å². The SMILES string of the molecule is CC(C)(C)OC(=O)NCC1CCC(C(=O)C[C@@H](Cc2ccc(B3OC(C)(C)C(C)(C)O3)cc2)C(=O)Nc2ccc3cn[nH]c3c2)CC1. The van der Waals surface area contributed by atoms with Crippen LogP contribution in [0, 0.1) is 17.8 Å². The number of aromatic nitrogens is 2. The maximum absolute atomic E-state index is 13.7. The number of rotatable bonds is 10. The molecule has 2 aromatic carbocycles. The number of ether oxygens (including phenoxy) is 1. The first kappa shape index (κ1) is 34.6. The Morgan fingerprint density at radius 3 is 2.30 bits per heavy atom. The average molecular weight is 645 g/mol. The molecule has 2 amide bonds. The summed E-state index contributed by atoms with van der Waals surface area (Å²) in [6.45, 7) is 14.2. The van der Waals surface area contributed by atoms with Crippen molar-refractivity contribution < 1.29 is 28.4 Å². The zero-order valence-electron chi connectivity index (χ0n) is 28.8. The van der Waals surface area contributed by atoms with Gasteiger partial charge < -0.3 is 24.7 Å². The van der Waals surface area contributed by atoms with Crippen molar-refractivity contribution >= 4 is 47.0 Å². The Morgan fingerprint density at radius 1 is 1.00 bits per heavy atom. The van der Waals surface area contributed by atoms with Crippen molar-refractivity contribution in [1.82, 2.24) is 15.5 Å². The van der Waals surface area contributed by atoms with E-state index in [4.69, 9.17) is 14.0 Å². The Morgan fingerprint density at radius 2 is 1.66 bits per heavy atom. The number of hydrogen-bond acceptors (Lipinski definition) is 7. The lowest BCUT2D eigenvalue weighted by atomic mass is 9.77. The highest BCUT2D eigenvalue weighted by molar-refractivity contribution is 6.62. The summed E-state index contributed by atoms with van der Waals surface area (Å²) in [5.41, 5.74) is 1.93. The number of carbonyl (C=O) groups is 3. The Balaban J connectivity index is 1.23. The first-order valence-corrected chi connectivity index (χ1v) is 16.8. The number of ketones is 1. The van der Waals surface area contributed by atoms with Crippen LogP contribution in [0.3, 0.4) is 0 Å². The van der Waals surface area contributed by atoms with Gasteiger partial charge in [0.25, 0.3) is 0 Å². The maximum atomic E-state index is 13.7. The molecule has 1 aliphatic carbocycles. The van der Waals surface area contributed by atoms with Gasteiger partial charge in [-0.2, -0.15) is 5.10 Å². The fourth-order valence-corrected chi connectivity index (χ4v) is 6.23. The summed E-state index contributed by atoms with van der Waals surface area (Å²) >= 11 is 0. The van der Waals surface area contributed by atoms with Crippen molar-refractivity contribution in [3.8, 4) is 0 Å². The van der Waals surface area contributed by atoms with Gasteiger partial charge in [-0.05, 0) is 116 Å². The van der Waals surface area contributed by atoms with Gasteiger partial charge in [0.1, 0.15) is 11.4 Å². The second-order valence-corrected chi connectivity index (χ2v) is 15.2. The maximum Gasteiger partial charge on any atom is 0.494 e. The van der Waals surface area contributed by atoms with Gasteiger partial charge in [0.15, 0.2) is 0 Å². The minimum Gasteiger partial charge on any atom is -0.444 e. The third-order valence-electron chi connectivity index (χ3n) is 9.75. The van der Waals surface area contributed by atoms with E-state index in [-0.39, 0.29) is 24.0 Å². The van der Waals surface area contributed by atoms with E-state index >= 15 is 0 Å². The van der Waals surface area contributed by atoms with E-state index in [2.05, 4.69) is 20.8 Å². The van der Waals surface area contributed by atoms with Crippen molar-refractivity contribution in [2.24, 2.45) is 17.8 Å². The molecule has 1 aliphatic heterocycles. The number of nitrogens with one attached hydrogen (secondary N) is 3. The molecule has 3 aromatic rings. The third-order valence-corrected chi connectivity index (χ3v) is 9.75. The van der Waals surface area contributed by atoms with Crippen molar-refractivity contribution in [1.29, 1.82) is 0 Å². The number of amides is 2. The number of H-pyrrole nitrogens is 1. The third kappa shape index (κ3) is 8.81. The fraction of sp³-hybridized carbons (Fsp3) is 0.556. The number of alkyl carbamates (subject to hydrolysis) is 1. The van der Waals surface area contributed by atoms with Crippen LogP contribution in [-0.4, -0.2) is 58.4 Å². The van der Waals surface area contributed by atoms with Gasteiger partial charge in [-0.25, -0.2) is 4.79 Å². The van der Waals surface area contributed by atoms with Crippen LogP contribution in [-0.2, 0) is 30.1 Å². The van der Waals surface area contributed by atoms with Crippen LogP contribution in [0.1, 0.15) is 86.1 Å². The van der Waals surface area contributed by atoms with Gasteiger partial charge in [-0.15, -0.1) is 0 Å². The molecule has 0 unspecified atom stereocenters. The lowest BCUT2D eigenvalue weighted by Crippen LogP contribution is -2.41. The topological polar surface area (TPSA) is 132 Å². The van der Waals surface area contributed by atoms with Crippen molar-refractivity contribution in [2.75, 3.05) is 11.9 Å². The summed E-state index contributed by atoms with van der Waals surface area (Å²) in [5.74, 6) is -0.431. The molecule has 2 heterocycles. The van der Waals surface area contributed by atoms with Crippen LogP contribution in [0.2, 0.25) is 0 Å². The zero-order chi connectivity index (χ0) is 34.0. The van der Waals surface area contributed by atoms with E-state index in [1.807, 2.05) is 90.9 Å². The summed E-state index contributed by atoms with van der Waals surface area (Å²) in [6, 6.07) is 13.5. The van der Waals surface area contributed by atoms with Crippen LogP contribution >= 0.6 is 0 Å². The average Bonchev–Trinajstić information content (AvgIpc) is 3.55. The molecule has 1 saturated heterocycles. The first-order valence-electron chi connectivity index (χ1n) is 16.8. The second-order valence-electron chi connectivity index (χ2n) is 15.2. The molecule has 5 rings (SSSR count). The predicted octanol–water partition coefficient (Wildman–Crippen LogP) is 5.95. The van der Waals surface area contributed by atoms with E-state index in [0.717, 1.165) is 47.6 Å². The van der Waals surface area contributed by atoms with Crippen molar-refractivity contribution in [3.05, 3.63) is 54.2 Å². The molecule has 2 fully saturated rings. The number of anilines is 1. The molecular weight excluding hydrogens is 595 g/mol. The molecule has 1 aromatic heterocycles. The number of hydrogen-bond donors (Lipinski definition) is 3. The lowest BCUT2D eigenvalue weighted by molar-refractivity contribution is -0.129. The molecule has 1 atom stereocenters. The summed E-state index contributed by atoms with van der Waals surface area (Å²) in [7, 11) is -0.471. The van der Waals surface area contributed by atoms with Gasteiger partial charge in [0, 0.05) is 35.9 Å². The molecule has 0 spiro atoms. The predicted molar refractivity (Wildman–Crippen MR) is 183 cm³/mol. The normalized spacial score (nSPS) is 21.3. The van der Waals surface area contributed by atoms with Crippen LogP contribution in [0.5, 0.6) is 0 Å². The lowest BCUT2D eigenvalue weighted by Gasteiger charge is -2.32. The summed E-state index contributed by atoms with van der Waals surface area (Å²) < 4.78 is 17.8. The number of fused-ring (bicyclic) bond motifs is 1.